The van der Waals surface area contributed by atoms with Crippen LogP contribution in [0.5, 0.6) is 5.75 Å². The van der Waals surface area contributed by atoms with Gasteiger partial charge in [0.05, 0.1) is 25.1 Å². The van der Waals surface area contributed by atoms with Gasteiger partial charge in [-0.25, -0.2) is 0 Å². The minimum atomic E-state index is -0.159. The molecule has 0 saturated carbocycles. The molecule has 26 heavy (non-hydrogen) atoms. The monoisotopic (exact) mass is 431 g/mol. The number of ether oxygens (including phenoxy) is 1. The van der Waals surface area contributed by atoms with Gasteiger partial charge in [-0.15, -0.1) is 5.10 Å². The zero-order valence-corrected chi connectivity index (χ0v) is 16.8. The largest absolute Gasteiger partial charge is 0.496 e. The zero-order valence-electron chi connectivity index (χ0n) is 14.4. The Morgan fingerprint density at radius 1 is 1.27 bits per heavy atom. The Morgan fingerprint density at radius 2 is 2.04 bits per heavy atom. The Morgan fingerprint density at radius 3 is 2.77 bits per heavy atom. The number of rotatable bonds is 5. The average molecular weight is 432 g/mol. The fourth-order valence-corrected chi connectivity index (χ4v) is 3.82. The Balaban J connectivity index is 1.82. The Bertz CT molecular complexity index is 855. The number of carbonyl (C=O) groups is 1. The summed E-state index contributed by atoms with van der Waals surface area (Å²) in [6, 6.07) is 15.5. The summed E-state index contributed by atoms with van der Waals surface area (Å²) in [7, 11) is 1.61. The van der Waals surface area contributed by atoms with Gasteiger partial charge in [0.2, 0.25) is 5.91 Å². The summed E-state index contributed by atoms with van der Waals surface area (Å²) in [4.78, 5) is 14.1. The lowest BCUT2D eigenvalue weighted by Crippen LogP contribution is -2.30. The van der Waals surface area contributed by atoms with Crippen molar-refractivity contribution >= 4 is 45.0 Å². The van der Waals surface area contributed by atoms with E-state index in [1.165, 1.54) is 11.8 Å². The number of amides is 1. The van der Waals surface area contributed by atoms with Crippen molar-refractivity contribution in [1.82, 2.24) is 4.90 Å². The standard InChI is InChI=1S/C19H18BrN3O2S/c1-13-18(24)23(12-14-6-4-3-5-7-14)19(26-13)22-21-11-15-10-16(20)8-9-17(15)25-2/h3-11,13H,12H2,1-2H3/b21-11-,22-19+/t13-/m0/s1. The molecule has 0 unspecified atom stereocenters. The number of benzene rings is 2. The lowest BCUT2D eigenvalue weighted by atomic mass is 10.2. The van der Waals surface area contributed by atoms with Crippen LogP contribution in [0, 0.1) is 0 Å². The minimum Gasteiger partial charge on any atom is -0.496 e. The predicted octanol–water partition coefficient (Wildman–Crippen LogP) is 4.31. The first-order valence-electron chi connectivity index (χ1n) is 8.05. The second-order valence-electron chi connectivity index (χ2n) is 5.68. The molecule has 1 aliphatic rings. The van der Waals surface area contributed by atoms with Gasteiger partial charge in [-0.05, 0) is 30.7 Å². The number of methoxy groups -OCH3 is 1. The quantitative estimate of drug-likeness (QED) is 0.523. The Labute approximate surface area is 165 Å². The molecule has 3 rings (SSSR count). The molecule has 0 N–H and O–H groups in total. The van der Waals surface area contributed by atoms with E-state index < -0.39 is 0 Å². The van der Waals surface area contributed by atoms with Crippen LogP contribution in [0.2, 0.25) is 0 Å². The zero-order chi connectivity index (χ0) is 18.5. The highest BCUT2D eigenvalue weighted by molar-refractivity contribution is 9.10. The molecule has 0 bridgehead atoms. The normalized spacial score (nSPS) is 18.9. The fraction of sp³-hybridized carbons (Fsp3) is 0.211. The summed E-state index contributed by atoms with van der Waals surface area (Å²) in [6.45, 7) is 2.38. The van der Waals surface area contributed by atoms with Crippen LogP contribution in [0.1, 0.15) is 18.1 Å². The molecule has 0 spiro atoms. The number of hydrogen-bond acceptors (Lipinski definition) is 5. The number of thioether (sulfide) groups is 1. The van der Waals surface area contributed by atoms with Crippen molar-refractivity contribution in [2.24, 2.45) is 10.2 Å². The summed E-state index contributed by atoms with van der Waals surface area (Å²) < 4.78 is 6.25. The first kappa shape index (κ1) is 18.7. The molecule has 1 aliphatic heterocycles. The molecule has 5 nitrogen and oxygen atoms in total. The van der Waals surface area contributed by atoms with E-state index in [1.54, 1.807) is 18.2 Å². The van der Waals surface area contributed by atoms with E-state index in [4.69, 9.17) is 4.74 Å². The lowest BCUT2D eigenvalue weighted by Gasteiger charge is -2.15. The third kappa shape index (κ3) is 4.34. The molecule has 1 heterocycles. The number of amidine groups is 1. The molecule has 1 fully saturated rings. The van der Waals surface area contributed by atoms with Crippen molar-refractivity contribution in [2.45, 2.75) is 18.7 Å². The first-order valence-corrected chi connectivity index (χ1v) is 9.72. The molecule has 0 aromatic heterocycles. The van der Waals surface area contributed by atoms with Crippen LogP contribution in [-0.2, 0) is 11.3 Å². The van der Waals surface area contributed by atoms with Gasteiger partial charge in [0.1, 0.15) is 5.75 Å². The van der Waals surface area contributed by atoms with Crippen LogP contribution in [0.15, 0.2) is 63.2 Å². The van der Waals surface area contributed by atoms with Crippen LogP contribution in [-0.4, -0.2) is 34.5 Å². The molecule has 1 saturated heterocycles. The summed E-state index contributed by atoms with van der Waals surface area (Å²) in [5.41, 5.74) is 1.86. The third-order valence-electron chi connectivity index (χ3n) is 3.84. The maximum atomic E-state index is 12.4. The van der Waals surface area contributed by atoms with Gasteiger partial charge in [-0.3, -0.25) is 9.69 Å². The third-order valence-corrected chi connectivity index (χ3v) is 5.40. The van der Waals surface area contributed by atoms with Crippen molar-refractivity contribution in [3.63, 3.8) is 0 Å². The molecular weight excluding hydrogens is 414 g/mol. The molecule has 2 aromatic rings. The predicted molar refractivity (Wildman–Crippen MR) is 110 cm³/mol. The molecule has 1 amide bonds. The molecule has 0 radical (unpaired) electrons. The van der Waals surface area contributed by atoms with Crippen LogP contribution < -0.4 is 4.74 Å². The number of hydrogen-bond donors (Lipinski definition) is 0. The summed E-state index contributed by atoms with van der Waals surface area (Å²) in [5, 5.41) is 8.92. The molecule has 134 valence electrons. The maximum Gasteiger partial charge on any atom is 0.242 e. The number of carbonyl (C=O) groups excluding carboxylic acids is 1. The van der Waals surface area contributed by atoms with Crippen molar-refractivity contribution in [1.29, 1.82) is 0 Å². The maximum absolute atomic E-state index is 12.4. The topological polar surface area (TPSA) is 54.3 Å². The van der Waals surface area contributed by atoms with E-state index >= 15 is 0 Å². The van der Waals surface area contributed by atoms with E-state index in [0.29, 0.717) is 17.5 Å². The molecule has 1 atom stereocenters. The Kier molecular flexibility index (Phi) is 6.11. The smallest absolute Gasteiger partial charge is 0.242 e. The van der Waals surface area contributed by atoms with E-state index in [9.17, 15) is 4.79 Å². The van der Waals surface area contributed by atoms with Gasteiger partial charge in [-0.2, -0.15) is 5.10 Å². The highest BCUT2D eigenvalue weighted by Crippen LogP contribution is 2.28. The van der Waals surface area contributed by atoms with Crippen LogP contribution in [0.3, 0.4) is 0 Å². The SMILES string of the molecule is COc1ccc(Br)cc1/C=N\N=C1\S[C@@H](C)C(=O)N1Cc1ccccc1. The molecule has 2 aromatic carbocycles. The lowest BCUT2D eigenvalue weighted by molar-refractivity contribution is -0.126. The van der Waals surface area contributed by atoms with Crippen LogP contribution >= 0.6 is 27.7 Å². The highest BCUT2D eigenvalue weighted by atomic mass is 79.9. The van der Waals surface area contributed by atoms with Crippen molar-refractivity contribution in [3.8, 4) is 5.75 Å². The van der Waals surface area contributed by atoms with Crippen molar-refractivity contribution < 1.29 is 9.53 Å². The van der Waals surface area contributed by atoms with Crippen LogP contribution in [0.25, 0.3) is 0 Å². The van der Waals surface area contributed by atoms with Gasteiger partial charge < -0.3 is 4.74 Å². The van der Waals surface area contributed by atoms with Gasteiger partial charge in [0.15, 0.2) is 5.17 Å². The van der Waals surface area contributed by atoms with Gasteiger partial charge in [0, 0.05) is 10.0 Å². The van der Waals surface area contributed by atoms with Gasteiger partial charge in [-0.1, -0.05) is 58.0 Å². The van der Waals surface area contributed by atoms with E-state index in [-0.39, 0.29) is 11.2 Å². The minimum absolute atomic E-state index is 0.0489. The number of nitrogens with zero attached hydrogens (tertiary/aromatic N) is 3. The summed E-state index contributed by atoms with van der Waals surface area (Å²) in [6.07, 6.45) is 1.63. The fourth-order valence-electron chi connectivity index (χ4n) is 2.52. The van der Waals surface area contributed by atoms with E-state index in [2.05, 4.69) is 26.1 Å². The second kappa shape index (κ2) is 8.51. The van der Waals surface area contributed by atoms with Crippen LogP contribution in [0.4, 0.5) is 0 Å². The second-order valence-corrected chi connectivity index (χ2v) is 7.91. The van der Waals surface area contributed by atoms with Crippen molar-refractivity contribution in [2.75, 3.05) is 7.11 Å². The van der Waals surface area contributed by atoms with E-state index in [1.807, 2.05) is 55.5 Å². The summed E-state index contributed by atoms with van der Waals surface area (Å²) in [5.74, 6) is 0.759. The van der Waals surface area contributed by atoms with Crippen molar-refractivity contribution in [3.05, 3.63) is 64.1 Å². The molecule has 7 heteroatoms. The van der Waals surface area contributed by atoms with E-state index in [0.717, 1.165) is 15.6 Å². The molecular formula is C19H18BrN3O2S. The number of halogens is 1. The Hall–Kier alpha value is -2.12. The van der Waals surface area contributed by atoms with Gasteiger partial charge >= 0.3 is 0 Å². The average Bonchev–Trinajstić information content (AvgIpc) is 2.90. The summed E-state index contributed by atoms with van der Waals surface area (Å²) >= 11 is 4.86. The van der Waals surface area contributed by atoms with Gasteiger partial charge in [0.25, 0.3) is 0 Å². The molecule has 0 aliphatic carbocycles. The highest BCUT2D eigenvalue weighted by Gasteiger charge is 2.35. The first-order chi connectivity index (χ1) is 12.6.